The molecule has 2 aromatic heterocycles. The fraction of sp³-hybridized carbons (Fsp3) is 0.320. The van der Waals surface area contributed by atoms with Crippen molar-refractivity contribution in [3.63, 3.8) is 0 Å². The molecule has 1 amide bonds. The van der Waals surface area contributed by atoms with E-state index in [1.54, 1.807) is 21.8 Å². The second-order valence-electron chi connectivity index (χ2n) is 8.35. The van der Waals surface area contributed by atoms with E-state index < -0.39 is 5.82 Å². The highest BCUT2D eigenvalue weighted by Gasteiger charge is 2.27. The zero-order valence-electron chi connectivity index (χ0n) is 18.8. The highest BCUT2D eigenvalue weighted by atomic mass is 19.1. The first-order valence-electron chi connectivity index (χ1n) is 11.4. The summed E-state index contributed by atoms with van der Waals surface area (Å²) in [5.41, 5.74) is 2.37. The van der Waals surface area contributed by atoms with Crippen molar-refractivity contribution in [2.75, 3.05) is 13.1 Å². The lowest BCUT2D eigenvalue weighted by atomic mass is 9.94. The number of carbonyl (C=O) groups is 1. The van der Waals surface area contributed by atoms with Crippen LogP contribution in [0.4, 0.5) is 9.18 Å². The van der Waals surface area contributed by atoms with Gasteiger partial charge in [-0.25, -0.2) is 18.5 Å². The normalized spacial score (nSPS) is 14.6. The Labute approximate surface area is 195 Å². The van der Waals surface area contributed by atoms with E-state index in [0.717, 1.165) is 5.56 Å². The van der Waals surface area contributed by atoms with Crippen LogP contribution in [0.2, 0.25) is 0 Å². The number of oxazole rings is 1. The first kappa shape index (κ1) is 21.9. The van der Waals surface area contributed by atoms with Gasteiger partial charge in [-0.15, -0.1) is 0 Å². The zero-order chi connectivity index (χ0) is 23.7. The summed E-state index contributed by atoms with van der Waals surface area (Å²) in [5.74, 6) is -0.351. The van der Waals surface area contributed by atoms with Crippen LogP contribution >= 0.6 is 0 Å². The van der Waals surface area contributed by atoms with E-state index in [1.807, 2.05) is 37.3 Å². The molecule has 0 saturated carbocycles. The smallest absolute Gasteiger partial charge is 0.410 e. The molecule has 0 bridgehead atoms. The molecule has 1 fully saturated rings. The topological polar surface area (TPSA) is 82.5 Å². The Bertz CT molecular complexity index is 1370. The Balaban J connectivity index is 1.28. The van der Waals surface area contributed by atoms with Gasteiger partial charge in [0, 0.05) is 31.6 Å². The van der Waals surface area contributed by atoms with Gasteiger partial charge in [0.05, 0.1) is 16.7 Å². The van der Waals surface area contributed by atoms with Crippen LogP contribution in [0.1, 0.15) is 36.9 Å². The molecule has 2 aromatic carbocycles. The fourth-order valence-corrected chi connectivity index (χ4v) is 4.46. The summed E-state index contributed by atoms with van der Waals surface area (Å²) in [4.78, 5) is 31.6. The van der Waals surface area contributed by atoms with Crippen LogP contribution < -0.4 is 5.69 Å². The van der Waals surface area contributed by atoms with Gasteiger partial charge in [-0.3, -0.25) is 4.57 Å². The second-order valence-corrected chi connectivity index (χ2v) is 8.35. The Morgan fingerprint density at radius 1 is 1.15 bits per heavy atom. The molecule has 34 heavy (non-hydrogen) atoms. The molecule has 176 valence electrons. The van der Waals surface area contributed by atoms with Crippen molar-refractivity contribution in [1.82, 2.24) is 19.0 Å². The van der Waals surface area contributed by atoms with Crippen molar-refractivity contribution in [3.8, 4) is 6.01 Å². The van der Waals surface area contributed by atoms with Crippen LogP contribution in [0.3, 0.4) is 0 Å². The van der Waals surface area contributed by atoms with E-state index in [0.29, 0.717) is 49.2 Å². The van der Waals surface area contributed by atoms with Crippen LogP contribution in [0.15, 0.2) is 64.0 Å². The number of ether oxygens (including phenoxy) is 1. The fourth-order valence-electron chi connectivity index (χ4n) is 4.46. The number of likely N-dealkylation sites (tertiary alicyclic amines) is 1. The second kappa shape index (κ2) is 9.17. The highest BCUT2D eigenvalue weighted by molar-refractivity contribution is 5.77. The summed E-state index contributed by atoms with van der Waals surface area (Å²) < 4.78 is 27.9. The van der Waals surface area contributed by atoms with Crippen LogP contribution in [-0.4, -0.2) is 38.2 Å². The standard InChI is InChI=1S/C25H25FN4O4/c1-2-29-21-9-8-19(26)14-22(21)30(24(29)31)23-27-20(16-33-23)18-10-12-28(13-11-18)25(32)34-15-17-6-4-3-5-7-17/h3-9,14,16,18H,2,10-13,15H2,1H3. The van der Waals surface area contributed by atoms with Crippen molar-refractivity contribution in [3.05, 3.63) is 82.4 Å². The Kier molecular flexibility index (Phi) is 5.91. The Morgan fingerprint density at radius 2 is 1.91 bits per heavy atom. The van der Waals surface area contributed by atoms with Gasteiger partial charge in [0.15, 0.2) is 0 Å². The van der Waals surface area contributed by atoms with Gasteiger partial charge in [0.2, 0.25) is 0 Å². The number of halogens is 1. The van der Waals surface area contributed by atoms with E-state index in [9.17, 15) is 14.0 Å². The predicted octanol–water partition coefficient (Wildman–Crippen LogP) is 4.46. The van der Waals surface area contributed by atoms with E-state index in [2.05, 4.69) is 4.98 Å². The molecule has 9 heteroatoms. The minimum Gasteiger partial charge on any atom is -0.445 e. The molecule has 0 unspecified atom stereocenters. The molecule has 1 aliphatic heterocycles. The number of fused-ring (bicyclic) bond motifs is 1. The summed E-state index contributed by atoms with van der Waals surface area (Å²) in [5, 5.41) is 0. The third-order valence-corrected chi connectivity index (χ3v) is 6.29. The molecule has 8 nitrogen and oxygen atoms in total. The number of benzene rings is 2. The largest absolute Gasteiger partial charge is 0.445 e. The van der Waals surface area contributed by atoms with Gasteiger partial charge < -0.3 is 14.1 Å². The minimum absolute atomic E-state index is 0.0858. The monoisotopic (exact) mass is 464 g/mol. The number of carbonyl (C=O) groups excluding carboxylic acids is 1. The van der Waals surface area contributed by atoms with E-state index in [-0.39, 0.29) is 30.3 Å². The summed E-state index contributed by atoms with van der Waals surface area (Å²) in [6.07, 6.45) is 2.62. The molecule has 1 saturated heterocycles. The summed E-state index contributed by atoms with van der Waals surface area (Å²) in [7, 11) is 0. The lowest BCUT2D eigenvalue weighted by Gasteiger charge is -2.30. The van der Waals surface area contributed by atoms with Gasteiger partial charge in [0.1, 0.15) is 18.7 Å². The SMILES string of the molecule is CCn1c(=O)n(-c2nc(C3CCN(C(=O)OCc4ccccc4)CC3)co2)c2cc(F)ccc21. The molecule has 0 radical (unpaired) electrons. The third kappa shape index (κ3) is 4.09. The van der Waals surface area contributed by atoms with Gasteiger partial charge in [-0.2, -0.15) is 4.98 Å². The zero-order valence-corrected chi connectivity index (χ0v) is 18.8. The number of aromatic nitrogens is 3. The van der Waals surface area contributed by atoms with Crippen LogP contribution in [0.25, 0.3) is 17.0 Å². The maximum Gasteiger partial charge on any atom is 0.410 e. The van der Waals surface area contributed by atoms with Gasteiger partial charge in [-0.05, 0) is 37.5 Å². The number of aryl methyl sites for hydroxylation is 1. The number of nitrogens with zero attached hydrogens (tertiary/aromatic N) is 4. The number of piperidine rings is 1. The molecule has 4 aromatic rings. The lowest BCUT2D eigenvalue weighted by Crippen LogP contribution is -2.38. The van der Waals surface area contributed by atoms with Crippen molar-refractivity contribution < 1.29 is 18.3 Å². The van der Waals surface area contributed by atoms with Crippen LogP contribution in [0.5, 0.6) is 0 Å². The van der Waals surface area contributed by atoms with Gasteiger partial charge >= 0.3 is 17.8 Å². The van der Waals surface area contributed by atoms with Crippen LogP contribution in [0, 0.1) is 5.82 Å². The minimum atomic E-state index is -0.437. The summed E-state index contributed by atoms with van der Waals surface area (Å²) in [6, 6.07) is 13.9. The maximum absolute atomic E-state index is 13.9. The molecule has 0 aliphatic carbocycles. The molecular weight excluding hydrogens is 439 g/mol. The molecule has 0 spiro atoms. The number of hydrogen-bond donors (Lipinski definition) is 0. The molecule has 1 aliphatic rings. The van der Waals surface area contributed by atoms with Crippen molar-refractivity contribution in [1.29, 1.82) is 0 Å². The molecule has 0 atom stereocenters. The molecular formula is C25H25FN4O4. The predicted molar refractivity (Wildman–Crippen MR) is 123 cm³/mol. The number of amides is 1. The Hall–Kier alpha value is -3.88. The first-order chi connectivity index (χ1) is 16.5. The maximum atomic E-state index is 13.9. The summed E-state index contributed by atoms with van der Waals surface area (Å²) in [6.45, 7) is 3.63. The van der Waals surface area contributed by atoms with Crippen molar-refractivity contribution >= 4 is 17.1 Å². The number of rotatable bonds is 5. The van der Waals surface area contributed by atoms with E-state index >= 15 is 0 Å². The van der Waals surface area contributed by atoms with Crippen molar-refractivity contribution in [2.45, 2.75) is 38.8 Å². The number of imidazole rings is 1. The molecule has 5 rings (SSSR count). The lowest BCUT2D eigenvalue weighted by molar-refractivity contribution is 0.0868. The third-order valence-electron chi connectivity index (χ3n) is 6.29. The highest BCUT2D eigenvalue weighted by Crippen LogP contribution is 2.29. The van der Waals surface area contributed by atoms with Crippen LogP contribution in [-0.2, 0) is 17.9 Å². The quantitative estimate of drug-likeness (QED) is 0.436. The average Bonchev–Trinajstić information content (AvgIpc) is 3.44. The summed E-state index contributed by atoms with van der Waals surface area (Å²) >= 11 is 0. The molecule has 0 N–H and O–H groups in total. The van der Waals surface area contributed by atoms with Gasteiger partial charge in [-0.1, -0.05) is 30.3 Å². The van der Waals surface area contributed by atoms with Crippen molar-refractivity contribution in [2.24, 2.45) is 0 Å². The first-order valence-corrected chi connectivity index (χ1v) is 11.4. The van der Waals surface area contributed by atoms with E-state index in [4.69, 9.17) is 9.15 Å². The Morgan fingerprint density at radius 3 is 2.65 bits per heavy atom. The molecule has 3 heterocycles. The number of hydrogen-bond acceptors (Lipinski definition) is 5. The average molecular weight is 464 g/mol. The van der Waals surface area contributed by atoms with E-state index in [1.165, 1.54) is 16.7 Å². The van der Waals surface area contributed by atoms with Gasteiger partial charge in [0.25, 0.3) is 0 Å².